The van der Waals surface area contributed by atoms with Gasteiger partial charge in [0.1, 0.15) is 5.82 Å². The van der Waals surface area contributed by atoms with Gasteiger partial charge in [0, 0.05) is 45.3 Å². The van der Waals surface area contributed by atoms with E-state index in [0.29, 0.717) is 25.7 Å². The highest BCUT2D eigenvalue weighted by Gasteiger charge is 2.31. The van der Waals surface area contributed by atoms with Gasteiger partial charge in [-0.25, -0.2) is 12.8 Å². The Bertz CT molecular complexity index is 786. The van der Waals surface area contributed by atoms with Crippen LogP contribution >= 0.6 is 0 Å². The van der Waals surface area contributed by atoms with Crippen LogP contribution in [0.4, 0.5) is 4.39 Å². The van der Waals surface area contributed by atoms with Crippen molar-refractivity contribution in [3.63, 3.8) is 0 Å². The molecule has 2 aliphatic rings. The molecule has 0 saturated carbocycles. The SMILES string of the molecule is CN(C)C1CCN(CC(=O)N2CCN(S(=O)(=O)c3cccc(F)c3)CC2)CC1. The molecule has 156 valence electrons. The molecule has 0 spiro atoms. The van der Waals surface area contributed by atoms with Crippen molar-refractivity contribution < 1.29 is 17.6 Å². The first-order chi connectivity index (χ1) is 13.3. The normalized spacial score (nSPS) is 20.6. The van der Waals surface area contributed by atoms with Crippen LogP contribution in [-0.4, -0.2) is 99.3 Å². The van der Waals surface area contributed by atoms with Gasteiger partial charge in [0.25, 0.3) is 0 Å². The van der Waals surface area contributed by atoms with E-state index >= 15 is 0 Å². The van der Waals surface area contributed by atoms with Gasteiger partial charge in [0.05, 0.1) is 11.4 Å². The predicted octanol–water partition coefficient (Wildman–Crippen LogP) is 0.685. The Morgan fingerprint density at radius 2 is 1.75 bits per heavy atom. The lowest BCUT2D eigenvalue weighted by atomic mass is 10.0. The number of carbonyl (C=O) groups is 1. The van der Waals surface area contributed by atoms with Crippen LogP contribution in [0.2, 0.25) is 0 Å². The largest absolute Gasteiger partial charge is 0.339 e. The number of piperazine rings is 1. The summed E-state index contributed by atoms with van der Waals surface area (Å²) in [4.78, 5) is 18.7. The van der Waals surface area contributed by atoms with E-state index in [2.05, 4.69) is 23.9 Å². The molecule has 0 bridgehead atoms. The van der Waals surface area contributed by atoms with Crippen molar-refractivity contribution in [3.8, 4) is 0 Å². The number of rotatable bonds is 5. The van der Waals surface area contributed by atoms with Crippen LogP contribution in [0, 0.1) is 5.82 Å². The summed E-state index contributed by atoms with van der Waals surface area (Å²) in [5.74, 6) is -0.529. The van der Waals surface area contributed by atoms with E-state index in [1.165, 1.54) is 22.5 Å². The van der Waals surface area contributed by atoms with Crippen LogP contribution in [0.1, 0.15) is 12.8 Å². The molecule has 28 heavy (non-hydrogen) atoms. The molecule has 2 heterocycles. The molecule has 0 unspecified atom stereocenters. The summed E-state index contributed by atoms with van der Waals surface area (Å²) in [5, 5.41) is 0. The number of hydrogen-bond acceptors (Lipinski definition) is 5. The first-order valence-electron chi connectivity index (χ1n) is 9.69. The average molecular weight is 413 g/mol. The Hall–Kier alpha value is -1.55. The van der Waals surface area contributed by atoms with E-state index in [-0.39, 0.29) is 23.9 Å². The van der Waals surface area contributed by atoms with Crippen LogP contribution in [0.15, 0.2) is 29.2 Å². The first kappa shape index (κ1) is 21.2. The van der Waals surface area contributed by atoms with Gasteiger partial charge in [-0.15, -0.1) is 0 Å². The molecule has 9 heteroatoms. The topological polar surface area (TPSA) is 64.2 Å². The van der Waals surface area contributed by atoms with Crippen LogP contribution in [0.3, 0.4) is 0 Å². The number of carbonyl (C=O) groups excluding carboxylic acids is 1. The minimum absolute atomic E-state index is 0.0453. The van der Waals surface area contributed by atoms with Gasteiger partial charge >= 0.3 is 0 Å². The number of amides is 1. The summed E-state index contributed by atoms with van der Waals surface area (Å²) in [6.45, 7) is 3.38. The highest BCUT2D eigenvalue weighted by atomic mass is 32.2. The monoisotopic (exact) mass is 412 g/mol. The second-order valence-electron chi connectivity index (χ2n) is 7.71. The van der Waals surface area contributed by atoms with Crippen LogP contribution in [-0.2, 0) is 14.8 Å². The summed E-state index contributed by atoms with van der Waals surface area (Å²) < 4.78 is 40.0. The fraction of sp³-hybridized carbons (Fsp3) is 0.632. The molecule has 0 N–H and O–H groups in total. The number of halogens is 1. The number of nitrogens with zero attached hydrogens (tertiary/aromatic N) is 4. The van der Waals surface area contributed by atoms with Gasteiger partial charge < -0.3 is 9.80 Å². The Morgan fingerprint density at radius 1 is 1.11 bits per heavy atom. The van der Waals surface area contributed by atoms with Crippen molar-refractivity contribution in [3.05, 3.63) is 30.1 Å². The van der Waals surface area contributed by atoms with Crippen molar-refractivity contribution in [2.45, 2.75) is 23.8 Å². The molecule has 1 aromatic carbocycles. The molecule has 0 atom stereocenters. The van der Waals surface area contributed by atoms with Crippen LogP contribution in [0.25, 0.3) is 0 Å². The third-order valence-corrected chi connectivity index (χ3v) is 7.57. The maximum absolute atomic E-state index is 13.4. The zero-order valence-corrected chi connectivity index (χ0v) is 17.4. The molecule has 2 fully saturated rings. The van der Waals surface area contributed by atoms with Gasteiger partial charge in [0.15, 0.2) is 0 Å². The molecule has 0 radical (unpaired) electrons. The van der Waals surface area contributed by atoms with Crippen molar-refractivity contribution >= 4 is 15.9 Å². The van der Waals surface area contributed by atoms with Crippen molar-refractivity contribution in [1.82, 2.24) is 19.0 Å². The fourth-order valence-corrected chi connectivity index (χ4v) is 5.29. The summed E-state index contributed by atoms with van der Waals surface area (Å²) in [5.41, 5.74) is 0. The predicted molar refractivity (Wildman–Crippen MR) is 105 cm³/mol. The summed E-state index contributed by atoms with van der Waals surface area (Å²) in [7, 11) is 0.437. The van der Waals surface area contributed by atoms with Crippen molar-refractivity contribution in [2.75, 3.05) is 59.9 Å². The molecule has 3 rings (SSSR count). The van der Waals surface area contributed by atoms with Gasteiger partial charge in [-0.05, 0) is 45.1 Å². The molecular weight excluding hydrogens is 383 g/mol. The summed E-state index contributed by atoms with van der Waals surface area (Å²) in [6.07, 6.45) is 2.11. The summed E-state index contributed by atoms with van der Waals surface area (Å²) >= 11 is 0. The standard InChI is InChI=1S/C19H29FN4O3S/c1-21(2)17-6-8-22(9-7-17)15-19(25)23-10-12-24(13-11-23)28(26,27)18-5-3-4-16(20)14-18/h3-5,14,17H,6-13,15H2,1-2H3. The van der Waals surface area contributed by atoms with E-state index in [9.17, 15) is 17.6 Å². The van der Waals surface area contributed by atoms with E-state index in [4.69, 9.17) is 0 Å². The van der Waals surface area contributed by atoms with E-state index < -0.39 is 15.8 Å². The van der Waals surface area contributed by atoms with E-state index in [1.54, 1.807) is 4.90 Å². The third-order valence-electron chi connectivity index (χ3n) is 5.67. The Labute approximate surface area is 166 Å². The lowest BCUT2D eigenvalue weighted by Crippen LogP contribution is -2.53. The minimum Gasteiger partial charge on any atom is -0.339 e. The maximum Gasteiger partial charge on any atom is 0.243 e. The second-order valence-corrected chi connectivity index (χ2v) is 9.65. The van der Waals surface area contributed by atoms with Crippen molar-refractivity contribution in [1.29, 1.82) is 0 Å². The molecule has 1 aromatic rings. The first-order valence-corrected chi connectivity index (χ1v) is 11.1. The maximum atomic E-state index is 13.4. The fourth-order valence-electron chi connectivity index (χ4n) is 3.84. The van der Waals surface area contributed by atoms with Gasteiger partial charge in [-0.2, -0.15) is 4.31 Å². The van der Waals surface area contributed by atoms with Gasteiger partial charge in [-0.1, -0.05) is 6.07 Å². The summed E-state index contributed by atoms with van der Waals surface area (Å²) in [6, 6.07) is 5.61. The van der Waals surface area contributed by atoms with Gasteiger partial charge in [-0.3, -0.25) is 9.69 Å². The molecule has 2 aliphatic heterocycles. The van der Waals surface area contributed by atoms with Crippen molar-refractivity contribution in [2.24, 2.45) is 0 Å². The zero-order valence-electron chi connectivity index (χ0n) is 16.6. The Morgan fingerprint density at radius 3 is 2.32 bits per heavy atom. The molecule has 0 aliphatic carbocycles. The quantitative estimate of drug-likeness (QED) is 0.712. The van der Waals surface area contributed by atoms with E-state index in [0.717, 1.165) is 32.0 Å². The second kappa shape index (κ2) is 8.86. The Kier molecular flexibility index (Phi) is 6.69. The number of piperidine rings is 1. The lowest BCUT2D eigenvalue weighted by molar-refractivity contribution is -0.134. The smallest absolute Gasteiger partial charge is 0.243 e. The zero-order chi connectivity index (χ0) is 20.3. The van der Waals surface area contributed by atoms with Crippen LogP contribution in [0.5, 0.6) is 0 Å². The molecule has 2 saturated heterocycles. The third kappa shape index (κ3) is 4.89. The number of benzene rings is 1. The number of hydrogen-bond donors (Lipinski definition) is 0. The highest BCUT2D eigenvalue weighted by molar-refractivity contribution is 7.89. The average Bonchev–Trinajstić information content (AvgIpc) is 2.68. The molecule has 1 amide bonds. The van der Waals surface area contributed by atoms with Crippen LogP contribution < -0.4 is 0 Å². The molecular formula is C19H29FN4O3S. The lowest BCUT2D eigenvalue weighted by Gasteiger charge is -2.37. The Balaban J connectivity index is 1.50. The minimum atomic E-state index is -3.73. The molecule has 7 nitrogen and oxygen atoms in total. The highest BCUT2D eigenvalue weighted by Crippen LogP contribution is 2.19. The number of sulfonamides is 1. The van der Waals surface area contributed by atoms with Gasteiger partial charge in [0.2, 0.25) is 15.9 Å². The van der Waals surface area contributed by atoms with E-state index in [1.807, 2.05) is 0 Å². The molecule has 0 aromatic heterocycles. The number of likely N-dealkylation sites (tertiary alicyclic amines) is 1.